The molecule has 6 heteroatoms. The van der Waals surface area contributed by atoms with Crippen molar-refractivity contribution in [2.75, 3.05) is 31.9 Å². The third-order valence-electron chi connectivity index (χ3n) is 3.72. The van der Waals surface area contributed by atoms with Crippen LogP contribution in [0.5, 0.6) is 0 Å². The van der Waals surface area contributed by atoms with Crippen LogP contribution in [0.1, 0.15) is 30.6 Å². The average molecular weight is 326 g/mol. The highest BCUT2D eigenvalue weighted by Gasteiger charge is 2.23. The molecule has 1 aliphatic rings. The molecule has 2 amide bonds. The van der Waals surface area contributed by atoms with Gasteiger partial charge in [-0.15, -0.1) is 12.4 Å². The summed E-state index contributed by atoms with van der Waals surface area (Å²) < 4.78 is 0. The Morgan fingerprint density at radius 3 is 2.36 bits per heavy atom. The highest BCUT2D eigenvalue weighted by Crippen LogP contribution is 2.13. The highest BCUT2D eigenvalue weighted by molar-refractivity contribution is 5.95. The van der Waals surface area contributed by atoms with Crippen molar-refractivity contribution in [2.45, 2.75) is 20.3 Å². The fraction of sp³-hybridized carbons (Fsp3) is 0.500. The van der Waals surface area contributed by atoms with Crippen molar-refractivity contribution in [3.63, 3.8) is 0 Å². The summed E-state index contributed by atoms with van der Waals surface area (Å²) in [5.41, 5.74) is 6.93. The minimum atomic E-state index is -0.0128. The Kier molecular flexibility index (Phi) is 6.68. The van der Waals surface area contributed by atoms with Crippen molar-refractivity contribution < 1.29 is 9.59 Å². The second-order valence-electron chi connectivity index (χ2n) is 5.75. The zero-order valence-electron chi connectivity index (χ0n) is 13.1. The molecule has 0 radical (unpaired) electrons. The van der Waals surface area contributed by atoms with E-state index in [1.54, 1.807) is 24.3 Å². The van der Waals surface area contributed by atoms with Gasteiger partial charge in [0.05, 0.1) is 0 Å². The van der Waals surface area contributed by atoms with Gasteiger partial charge < -0.3 is 15.5 Å². The molecule has 0 atom stereocenters. The molecular formula is C16H24ClN3O2. The maximum Gasteiger partial charge on any atom is 0.253 e. The van der Waals surface area contributed by atoms with Gasteiger partial charge in [0.1, 0.15) is 0 Å². The summed E-state index contributed by atoms with van der Waals surface area (Å²) in [5, 5.41) is 0. The SMILES string of the molecule is CC(C)C(=O)N1CCCN(C(=O)c2cccc(N)c2)CC1.Cl. The molecule has 0 bridgehead atoms. The fourth-order valence-corrected chi connectivity index (χ4v) is 2.56. The van der Waals surface area contributed by atoms with Gasteiger partial charge in [0.2, 0.25) is 5.91 Å². The minimum Gasteiger partial charge on any atom is -0.399 e. The molecule has 0 aliphatic carbocycles. The van der Waals surface area contributed by atoms with Crippen molar-refractivity contribution in [1.82, 2.24) is 9.80 Å². The largest absolute Gasteiger partial charge is 0.399 e. The number of carbonyl (C=O) groups excluding carboxylic acids is 2. The Hall–Kier alpha value is -1.75. The van der Waals surface area contributed by atoms with Crippen molar-refractivity contribution in [1.29, 1.82) is 0 Å². The van der Waals surface area contributed by atoms with Crippen LogP contribution < -0.4 is 5.73 Å². The zero-order chi connectivity index (χ0) is 15.4. The predicted octanol–water partition coefficient (Wildman–Crippen LogP) is 2.02. The summed E-state index contributed by atoms with van der Waals surface area (Å²) >= 11 is 0. The Bertz CT molecular complexity index is 534. The van der Waals surface area contributed by atoms with Crippen LogP contribution in [0.2, 0.25) is 0 Å². The third-order valence-corrected chi connectivity index (χ3v) is 3.72. The zero-order valence-corrected chi connectivity index (χ0v) is 13.9. The summed E-state index contributed by atoms with van der Waals surface area (Å²) in [4.78, 5) is 28.2. The predicted molar refractivity (Wildman–Crippen MR) is 90.0 cm³/mol. The van der Waals surface area contributed by atoms with Crippen LogP contribution in [0.3, 0.4) is 0 Å². The summed E-state index contributed by atoms with van der Waals surface area (Å²) in [6, 6.07) is 7.03. The summed E-state index contributed by atoms with van der Waals surface area (Å²) in [7, 11) is 0. The van der Waals surface area contributed by atoms with Crippen LogP contribution in [0.15, 0.2) is 24.3 Å². The van der Waals surface area contributed by atoms with Crippen LogP contribution in [0.4, 0.5) is 5.69 Å². The van der Waals surface area contributed by atoms with E-state index in [4.69, 9.17) is 5.73 Å². The topological polar surface area (TPSA) is 66.6 Å². The van der Waals surface area contributed by atoms with E-state index < -0.39 is 0 Å². The lowest BCUT2D eigenvalue weighted by atomic mass is 10.1. The van der Waals surface area contributed by atoms with Crippen molar-refractivity contribution in [2.24, 2.45) is 5.92 Å². The lowest BCUT2D eigenvalue weighted by Gasteiger charge is -2.23. The normalized spacial score (nSPS) is 15.2. The highest BCUT2D eigenvalue weighted by atomic mass is 35.5. The van der Waals surface area contributed by atoms with Gasteiger partial charge >= 0.3 is 0 Å². The van der Waals surface area contributed by atoms with E-state index >= 15 is 0 Å². The summed E-state index contributed by atoms with van der Waals surface area (Å²) in [6.07, 6.45) is 0.812. The molecule has 0 saturated carbocycles. The smallest absolute Gasteiger partial charge is 0.253 e. The van der Waals surface area contributed by atoms with E-state index in [0.29, 0.717) is 30.9 Å². The van der Waals surface area contributed by atoms with Gasteiger partial charge in [0.15, 0.2) is 0 Å². The molecule has 22 heavy (non-hydrogen) atoms. The Morgan fingerprint density at radius 2 is 1.73 bits per heavy atom. The molecule has 1 saturated heterocycles. The number of carbonyl (C=O) groups is 2. The van der Waals surface area contributed by atoms with Crippen LogP contribution in [0.25, 0.3) is 0 Å². The number of nitrogen functional groups attached to an aromatic ring is 1. The lowest BCUT2D eigenvalue weighted by Crippen LogP contribution is -2.38. The molecule has 1 fully saturated rings. The van der Waals surface area contributed by atoms with Crippen LogP contribution in [-0.2, 0) is 4.79 Å². The molecule has 0 spiro atoms. The second-order valence-corrected chi connectivity index (χ2v) is 5.75. The number of hydrogen-bond donors (Lipinski definition) is 1. The van der Waals surface area contributed by atoms with Gasteiger partial charge in [0, 0.05) is 43.3 Å². The van der Waals surface area contributed by atoms with E-state index in [1.165, 1.54) is 0 Å². The van der Waals surface area contributed by atoms with Crippen LogP contribution >= 0.6 is 12.4 Å². The van der Waals surface area contributed by atoms with E-state index in [-0.39, 0.29) is 30.1 Å². The van der Waals surface area contributed by atoms with Gasteiger partial charge in [-0.3, -0.25) is 9.59 Å². The molecule has 1 aromatic rings. The first-order valence-corrected chi connectivity index (χ1v) is 7.42. The average Bonchev–Trinajstić information content (AvgIpc) is 2.71. The van der Waals surface area contributed by atoms with Crippen LogP contribution in [0, 0.1) is 5.92 Å². The molecule has 2 rings (SSSR count). The number of benzene rings is 1. The Balaban J connectivity index is 0.00000242. The quantitative estimate of drug-likeness (QED) is 0.846. The molecular weight excluding hydrogens is 302 g/mol. The summed E-state index contributed by atoms with van der Waals surface area (Å²) in [5.74, 6) is 0.149. The third kappa shape index (κ3) is 4.37. The van der Waals surface area contributed by atoms with Crippen molar-refractivity contribution in [3.8, 4) is 0 Å². The number of nitrogens with two attached hydrogens (primary N) is 1. The molecule has 122 valence electrons. The molecule has 2 N–H and O–H groups in total. The van der Waals surface area contributed by atoms with Crippen molar-refractivity contribution >= 4 is 29.9 Å². The molecule has 0 aromatic heterocycles. The first-order chi connectivity index (χ1) is 9.99. The Morgan fingerprint density at radius 1 is 1.09 bits per heavy atom. The first-order valence-electron chi connectivity index (χ1n) is 7.42. The molecule has 1 aliphatic heterocycles. The van der Waals surface area contributed by atoms with Gasteiger partial charge in [-0.25, -0.2) is 0 Å². The molecule has 1 aromatic carbocycles. The summed E-state index contributed by atoms with van der Waals surface area (Å²) in [6.45, 7) is 6.39. The monoisotopic (exact) mass is 325 g/mol. The maximum absolute atomic E-state index is 12.5. The standard InChI is InChI=1S/C16H23N3O2.ClH/c1-12(2)15(20)18-7-4-8-19(10-9-18)16(21)13-5-3-6-14(17)11-13;/h3,5-6,11-12H,4,7-10,17H2,1-2H3;1H. The van der Waals surface area contributed by atoms with E-state index in [0.717, 1.165) is 13.0 Å². The number of amides is 2. The minimum absolute atomic E-state index is 0. The van der Waals surface area contributed by atoms with Gasteiger partial charge in [0.25, 0.3) is 5.91 Å². The van der Waals surface area contributed by atoms with Crippen LogP contribution in [-0.4, -0.2) is 47.8 Å². The second kappa shape index (κ2) is 8.03. The van der Waals surface area contributed by atoms with E-state index in [9.17, 15) is 9.59 Å². The van der Waals surface area contributed by atoms with Gasteiger partial charge in [-0.2, -0.15) is 0 Å². The van der Waals surface area contributed by atoms with Crippen molar-refractivity contribution in [3.05, 3.63) is 29.8 Å². The van der Waals surface area contributed by atoms with Gasteiger partial charge in [-0.05, 0) is 24.6 Å². The first kappa shape index (κ1) is 18.3. The number of rotatable bonds is 2. The van der Waals surface area contributed by atoms with E-state index in [1.807, 2.05) is 23.6 Å². The number of halogens is 1. The number of nitrogens with zero attached hydrogens (tertiary/aromatic N) is 2. The maximum atomic E-state index is 12.5. The fourth-order valence-electron chi connectivity index (χ4n) is 2.56. The lowest BCUT2D eigenvalue weighted by molar-refractivity contribution is -0.134. The molecule has 1 heterocycles. The molecule has 0 unspecified atom stereocenters. The number of anilines is 1. The Labute approximate surface area is 137 Å². The van der Waals surface area contributed by atoms with Gasteiger partial charge in [-0.1, -0.05) is 19.9 Å². The van der Waals surface area contributed by atoms with E-state index in [2.05, 4.69) is 0 Å². The molecule has 5 nitrogen and oxygen atoms in total. The number of hydrogen-bond acceptors (Lipinski definition) is 3.